The molecule has 5 nitrogen and oxygen atoms in total. The van der Waals surface area contributed by atoms with E-state index in [9.17, 15) is 4.79 Å². The first-order chi connectivity index (χ1) is 5.07. The lowest BCUT2D eigenvalue weighted by molar-refractivity contribution is -0.139. The maximum atomic E-state index is 10.2. The third-order valence-electron chi connectivity index (χ3n) is 1.24. The van der Waals surface area contributed by atoms with Crippen molar-refractivity contribution in [3.8, 4) is 0 Å². The van der Waals surface area contributed by atoms with E-state index in [1.807, 2.05) is 0 Å². The minimum Gasteiger partial charge on any atom is -0.480 e. The fourth-order valence-corrected chi connectivity index (χ4v) is 0.465. The number of aliphatic carboxylic acids is 1. The van der Waals surface area contributed by atoms with Crippen molar-refractivity contribution in [2.45, 2.75) is 19.1 Å². The van der Waals surface area contributed by atoms with Gasteiger partial charge in [0.25, 0.3) is 0 Å². The second-order valence-electron chi connectivity index (χ2n) is 2.30. The van der Waals surface area contributed by atoms with Crippen molar-refractivity contribution in [3.63, 3.8) is 0 Å². The Morgan fingerprint density at radius 1 is 1.64 bits per heavy atom. The summed E-state index contributed by atoms with van der Waals surface area (Å²) in [6.07, 6.45) is -0.892. The van der Waals surface area contributed by atoms with E-state index in [1.165, 1.54) is 6.92 Å². The number of nitrogens with one attached hydrogen (secondary N) is 1. The maximum Gasteiger partial charge on any atom is 0.320 e. The van der Waals surface area contributed by atoms with Crippen molar-refractivity contribution in [3.05, 3.63) is 0 Å². The number of aliphatic hydroxyl groups is 2. The number of hydrogen-bond donors (Lipinski definition) is 4. The minimum atomic E-state index is -0.977. The molecule has 11 heavy (non-hydrogen) atoms. The van der Waals surface area contributed by atoms with Crippen LogP contribution in [0, 0.1) is 0 Å². The van der Waals surface area contributed by atoms with Gasteiger partial charge in [-0.15, -0.1) is 0 Å². The SMILES string of the molecule is C[C@H](NCC(O)CO)C(=O)O. The van der Waals surface area contributed by atoms with Crippen molar-refractivity contribution < 1.29 is 20.1 Å². The van der Waals surface area contributed by atoms with E-state index in [1.54, 1.807) is 0 Å². The average molecular weight is 163 g/mol. The summed E-state index contributed by atoms with van der Waals surface area (Å²) in [5, 5.41) is 28.0. The standard InChI is InChI=1S/C6H13NO4/c1-4(6(10)11)7-2-5(9)3-8/h4-5,7-9H,2-3H2,1H3,(H,10,11)/t4-,5?/m0/s1. The van der Waals surface area contributed by atoms with Gasteiger partial charge in [0.2, 0.25) is 0 Å². The summed E-state index contributed by atoms with van der Waals surface area (Å²) >= 11 is 0. The third kappa shape index (κ3) is 4.72. The van der Waals surface area contributed by atoms with Crippen molar-refractivity contribution in [2.24, 2.45) is 0 Å². The number of carboxylic acid groups (broad SMARTS) is 1. The third-order valence-corrected chi connectivity index (χ3v) is 1.24. The molecule has 0 radical (unpaired) electrons. The Morgan fingerprint density at radius 2 is 2.18 bits per heavy atom. The molecule has 0 rings (SSSR count). The van der Waals surface area contributed by atoms with Crippen LogP contribution >= 0.6 is 0 Å². The predicted octanol–water partition coefficient (Wildman–Crippen LogP) is -1.60. The molecule has 0 spiro atoms. The Balaban J connectivity index is 3.45. The van der Waals surface area contributed by atoms with Gasteiger partial charge in [0.1, 0.15) is 6.04 Å². The van der Waals surface area contributed by atoms with Crippen LogP contribution in [-0.4, -0.2) is 46.6 Å². The molecule has 0 fully saturated rings. The van der Waals surface area contributed by atoms with Gasteiger partial charge in [-0.25, -0.2) is 0 Å². The van der Waals surface area contributed by atoms with Crippen LogP contribution in [0.25, 0.3) is 0 Å². The molecule has 0 aromatic rings. The van der Waals surface area contributed by atoms with Crippen molar-refractivity contribution in [2.75, 3.05) is 13.2 Å². The van der Waals surface area contributed by atoms with E-state index in [-0.39, 0.29) is 13.2 Å². The molecule has 5 heteroatoms. The molecular formula is C6H13NO4. The fraction of sp³-hybridized carbons (Fsp3) is 0.833. The highest BCUT2D eigenvalue weighted by atomic mass is 16.4. The molecule has 2 atom stereocenters. The van der Waals surface area contributed by atoms with Gasteiger partial charge in [0.05, 0.1) is 12.7 Å². The predicted molar refractivity (Wildman–Crippen MR) is 38.2 cm³/mol. The summed E-state index contributed by atoms with van der Waals surface area (Å²) in [4.78, 5) is 10.2. The normalized spacial score (nSPS) is 15.9. The first kappa shape index (κ1) is 10.3. The van der Waals surface area contributed by atoms with Gasteiger partial charge in [-0.1, -0.05) is 0 Å². The van der Waals surface area contributed by atoms with Crippen LogP contribution in [-0.2, 0) is 4.79 Å². The molecule has 4 N–H and O–H groups in total. The van der Waals surface area contributed by atoms with Crippen LogP contribution < -0.4 is 5.32 Å². The van der Waals surface area contributed by atoms with Gasteiger partial charge in [-0.2, -0.15) is 0 Å². The Kier molecular flexibility index (Phi) is 4.76. The lowest BCUT2D eigenvalue weighted by Gasteiger charge is -2.11. The smallest absolute Gasteiger partial charge is 0.320 e. The van der Waals surface area contributed by atoms with Crippen LogP contribution in [0.2, 0.25) is 0 Å². The molecular weight excluding hydrogens is 150 g/mol. The molecule has 0 heterocycles. The molecule has 0 aliphatic carbocycles. The largest absolute Gasteiger partial charge is 0.480 e. The Morgan fingerprint density at radius 3 is 2.55 bits per heavy atom. The van der Waals surface area contributed by atoms with Gasteiger partial charge in [-0.05, 0) is 6.92 Å². The first-order valence-corrected chi connectivity index (χ1v) is 3.33. The molecule has 0 amide bonds. The van der Waals surface area contributed by atoms with Gasteiger partial charge >= 0.3 is 5.97 Å². The molecule has 0 bridgehead atoms. The van der Waals surface area contributed by atoms with E-state index in [0.29, 0.717) is 0 Å². The number of hydrogen-bond acceptors (Lipinski definition) is 4. The van der Waals surface area contributed by atoms with Crippen molar-refractivity contribution in [1.29, 1.82) is 0 Å². The number of aliphatic hydroxyl groups excluding tert-OH is 2. The quantitative estimate of drug-likeness (QED) is 0.392. The monoisotopic (exact) mass is 163 g/mol. The highest BCUT2D eigenvalue weighted by Crippen LogP contribution is 1.83. The van der Waals surface area contributed by atoms with Crippen LogP contribution in [0.3, 0.4) is 0 Å². The molecule has 0 aliphatic rings. The second kappa shape index (κ2) is 5.06. The van der Waals surface area contributed by atoms with Crippen LogP contribution in [0.1, 0.15) is 6.92 Å². The fourth-order valence-electron chi connectivity index (χ4n) is 0.465. The van der Waals surface area contributed by atoms with Gasteiger partial charge in [-0.3, -0.25) is 4.79 Å². The summed E-state index contributed by atoms with van der Waals surface area (Å²) in [6, 6.07) is -0.698. The summed E-state index contributed by atoms with van der Waals surface area (Å²) in [5.41, 5.74) is 0. The van der Waals surface area contributed by atoms with Gasteiger partial charge in [0, 0.05) is 6.54 Å². The average Bonchev–Trinajstić information content (AvgIpc) is 1.99. The zero-order valence-corrected chi connectivity index (χ0v) is 6.32. The Labute approximate surface area is 64.7 Å². The van der Waals surface area contributed by atoms with E-state index in [0.717, 1.165) is 0 Å². The molecule has 0 aromatic heterocycles. The lowest BCUT2D eigenvalue weighted by atomic mass is 10.3. The van der Waals surface area contributed by atoms with E-state index < -0.39 is 18.1 Å². The summed E-state index contributed by atoms with van der Waals surface area (Å²) in [7, 11) is 0. The molecule has 0 saturated carbocycles. The van der Waals surface area contributed by atoms with E-state index in [2.05, 4.69) is 5.32 Å². The van der Waals surface area contributed by atoms with Crippen molar-refractivity contribution >= 4 is 5.97 Å². The molecule has 1 unspecified atom stereocenters. The molecule has 0 saturated heterocycles. The van der Waals surface area contributed by atoms with E-state index >= 15 is 0 Å². The van der Waals surface area contributed by atoms with Gasteiger partial charge in [0.15, 0.2) is 0 Å². The maximum absolute atomic E-state index is 10.2. The second-order valence-corrected chi connectivity index (χ2v) is 2.30. The minimum absolute atomic E-state index is 0.0873. The summed E-state index contributed by atoms with van der Waals surface area (Å²) < 4.78 is 0. The highest BCUT2D eigenvalue weighted by molar-refractivity contribution is 5.72. The Hall–Kier alpha value is -0.650. The Bertz CT molecular complexity index is 128. The zero-order chi connectivity index (χ0) is 8.85. The number of rotatable bonds is 5. The summed E-state index contributed by atoms with van der Waals surface area (Å²) in [5.74, 6) is -0.977. The highest BCUT2D eigenvalue weighted by Gasteiger charge is 2.11. The topological polar surface area (TPSA) is 89.8 Å². The molecule has 66 valence electrons. The lowest BCUT2D eigenvalue weighted by Crippen LogP contribution is -2.39. The number of carbonyl (C=O) groups is 1. The van der Waals surface area contributed by atoms with E-state index in [4.69, 9.17) is 15.3 Å². The summed E-state index contributed by atoms with van der Waals surface area (Å²) in [6.45, 7) is 1.19. The molecule has 0 aliphatic heterocycles. The van der Waals surface area contributed by atoms with Crippen LogP contribution in [0.15, 0.2) is 0 Å². The first-order valence-electron chi connectivity index (χ1n) is 3.33. The van der Waals surface area contributed by atoms with Gasteiger partial charge < -0.3 is 20.6 Å². The van der Waals surface area contributed by atoms with Crippen LogP contribution in [0.5, 0.6) is 0 Å². The zero-order valence-electron chi connectivity index (χ0n) is 6.32. The van der Waals surface area contributed by atoms with Crippen molar-refractivity contribution in [1.82, 2.24) is 5.32 Å². The number of carboxylic acids is 1. The van der Waals surface area contributed by atoms with Crippen LogP contribution in [0.4, 0.5) is 0 Å². The molecule has 0 aromatic carbocycles.